The standard InChI is InChI=1S/C22H26FN3O2/c1-16(24-2)4-3-5-17-12-21(14-25-13-17)28-20-10-11-26(15-20)22(27)18-6-8-19(23)9-7-18/h3,5-9,12-14,16,20,24H,4,10-11,15H2,1-2H3/b5-3+/t16-,20-/m0/s1. The average Bonchev–Trinajstić information content (AvgIpc) is 3.16. The smallest absolute Gasteiger partial charge is 0.253 e. The molecule has 1 saturated heterocycles. The third-order valence-electron chi connectivity index (χ3n) is 4.85. The van der Waals surface area contributed by atoms with Crippen molar-refractivity contribution in [2.45, 2.75) is 31.9 Å². The summed E-state index contributed by atoms with van der Waals surface area (Å²) in [5.41, 5.74) is 1.48. The van der Waals surface area contributed by atoms with Gasteiger partial charge in [-0.1, -0.05) is 12.2 Å². The van der Waals surface area contributed by atoms with Crippen LogP contribution < -0.4 is 10.1 Å². The molecular weight excluding hydrogens is 357 g/mol. The lowest BCUT2D eigenvalue weighted by molar-refractivity contribution is 0.0772. The van der Waals surface area contributed by atoms with E-state index in [1.807, 2.05) is 19.2 Å². The van der Waals surface area contributed by atoms with Crippen LogP contribution in [0.15, 0.2) is 48.8 Å². The van der Waals surface area contributed by atoms with Crippen molar-refractivity contribution in [3.05, 3.63) is 65.7 Å². The van der Waals surface area contributed by atoms with Crippen molar-refractivity contribution in [1.82, 2.24) is 15.2 Å². The average molecular weight is 383 g/mol. The first kappa shape index (κ1) is 20.0. The second-order valence-corrected chi connectivity index (χ2v) is 7.07. The zero-order chi connectivity index (χ0) is 19.9. The molecule has 0 bridgehead atoms. The molecule has 6 heteroatoms. The van der Waals surface area contributed by atoms with Gasteiger partial charge in [-0.2, -0.15) is 0 Å². The molecule has 1 fully saturated rings. The molecule has 2 heterocycles. The van der Waals surface area contributed by atoms with Gasteiger partial charge in [-0.05, 0) is 56.3 Å². The Morgan fingerprint density at radius 2 is 2.18 bits per heavy atom. The first-order chi connectivity index (χ1) is 13.5. The fourth-order valence-corrected chi connectivity index (χ4v) is 3.09. The third kappa shape index (κ3) is 5.39. The summed E-state index contributed by atoms with van der Waals surface area (Å²) < 4.78 is 19.1. The minimum absolute atomic E-state index is 0.0743. The van der Waals surface area contributed by atoms with Crippen molar-refractivity contribution < 1.29 is 13.9 Å². The minimum Gasteiger partial charge on any atom is -0.487 e. The third-order valence-corrected chi connectivity index (χ3v) is 4.85. The normalized spacial score (nSPS) is 17.8. The number of benzene rings is 1. The van der Waals surface area contributed by atoms with Crippen LogP contribution in [0.5, 0.6) is 5.75 Å². The minimum atomic E-state index is -0.346. The van der Waals surface area contributed by atoms with Crippen LogP contribution in [0.2, 0.25) is 0 Å². The molecule has 5 nitrogen and oxygen atoms in total. The summed E-state index contributed by atoms with van der Waals surface area (Å²) >= 11 is 0. The van der Waals surface area contributed by atoms with Gasteiger partial charge in [0.1, 0.15) is 17.7 Å². The van der Waals surface area contributed by atoms with Crippen molar-refractivity contribution in [3.8, 4) is 5.75 Å². The van der Waals surface area contributed by atoms with Gasteiger partial charge in [0.2, 0.25) is 0 Å². The van der Waals surface area contributed by atoms with Crippen molar-refractivity contribution in [2.24, 2.45) is 0 Å². The number of hydrogen-bond acceptors (Lipinski definition) is 4. The summed E-state index contributed by atoms with van der Waals surface area (Å²) in [6, 6.07) is 8.02. The largest absolute Gasteiger partial charge is 0.487 e. The van der Waals surface area contributed by atoms with E-state index < -0.39 is 0 Å². The first-order valence-electron chi connectivity index (χ1n) is 9.55. The van der Waals surface area contributed by atoms with Gasteiger partial charge < -0.3 is 15.0 Å². The molecular formula is C22H26FN3O2. The van der Waals surface area contributed by atoms with Gasteiger partial charge in [0.15, 0.2) is 0 Å². The molecule has 2 atom stereocenters. The molecule has 0 unspecified atom stereocenters. The Bertz CT molecular complexity index is 823. The Balaban J connectivity index is 1.56. The molecule has 3 rings (SSSR count). The predicted molar refractivity (Wildman–Crippen MR) is 108 cm³/mol. The Hall–Kier alpha value is -2.73. The molecule has 1 aromatic carbocycles. The van der Waals surface area contributed by atoms with E-state index in [2.05, 4.69) is 23.3 Å². The fourth-order valence-electron chi connectivity index (χ4n) is 3.09. The van der Waals surface area contributed by atoms with E-state index in [0.29, 0.717) is 30.4 Å². The number of hydrogen-bond donors (Lipinski definition) is 1. The highest BCUT2D eigenvalue weighted by Gasteiger charge is 2.28. The van der Waals surface area contributed by atoms with Gasteiger partial charge in [-0.25, -0.2) is 4.39 Å². The zero-order valence-corrected chi connectivity index (χ0v) is 16.3. The maximum Gasteiger partial charge on any atom is 0.253 e. The molecule has 1 N–H and O–H groups in total. The maximum absolute atomic E-state index is 13.0. The molecule has 1 aromatic heterocycles. The Morgan fingerprint density at radius 3 is 2.93 bits per heavy atom. The van der Waals surface area contributed by atoms with Crippen molar-refractivity contribution >= 4 is 12.0 Å². The van der Waals surface area contributed by atoms with Gasteiger partial charge in [0, 0.05) is 30.8 Å². The van der Waals surface area contributed by atoms with Gasteiger partial charge in [-0.15, -0.1) is 0 Å². The highest BCUT2D eigenvalue weighted by atomic mass is 19.1. The topological polar surface area (TPSA) is 54.5 Å². The SMILES string of the molecule is CN[C@@H](C)C/C=C/c1cncc(O[C@H]2CCN(C(=O)c3ccc(F)cc3)C2)c1. The van der Waals surface area contributed by atoms with Crippen molar-refractivity contribution in [1.29, 1.82) is 0 Å². The Labute approximate surface area is 165 Å². The van der Waals surface area contributed by atoms with E-state index in [4.69, 9.17) is 4.74 Å². The lowest BCUT2D eigenvalue weighted by Gasteiger charge is -2.17. The van der Waals surface area contributed by atoms with Crippen LogP contribution in [-0.4, -0.2) is 48.1 Å². The Morgan fingerprint density at radius 1 is 1.39 bits per heavy atom. The van der Waals surface area contributed by atoms with Crippen LogP contribution in [0.1, 0.15) is 35.7 Å². The molecule has 28 heavy (non-hydrogen) atoms. The highest BCUT2D eigenvalue weighted by molar-refractivity contribution is 5.94. The summed E-state index contributed by atoms with van der Waals surface area (Å²) in [5, 5.41) is 3.20. The molecule has 1 amide bonds. The van der Waals surface area contributed by atoms with Crippen LogP contribution in [-0.2, 0) is 0 Å². The van der Waals surface area contributed by atoms with Crippen LogP contribution in [0.25, 0.3) is 6.08 Å². The van der Waals surface area contributed by atoms with E-state index in [9.17, 15) is 9.18 Å². The molecule has 148 valence electrons. The number of halogens is 1. The van der Waals surface area contributed by atoms with E-state index >= 15 is 0 Å². The summed E-state index contributed by atoms with van der Waals surface area (Å²) in [6.45, 7) is 3.26. The number of pyridine rings is 1. The van der Waals surface area contributed by atoms with Gasteiger partial charge in [-0.3, -0.25) is 9.78 Å². The number of amides is 1. The van der Waals surface area contributed by atoms with Crippen LogP contribution in [0.4, 0.5) is 4.39 Å². The summed E-state index contributed by atoms with van der Waals surface area (Å²) in [5.74, 6) is 0.255. The van der Waals surface area contributed by atoms with E-state index in [-0.39, 0.29) is 17.8 Å². The van der Waals surface area contributed by atoms with Crippen molar-refractivity contribution in [2.75, 3.05) is 20.1 Å². The zero-order valence-electron chi connectivity index (χ0n) is 16.3. The van der Waals surface area contributed by atoms with E-state index in [1.54, 1.807) is 17.3 Å². The molecule has 0 saturated carbocycles. The summed E-state index contributed by atoms with van der Waals surface area (Å²) in [6.07, 6.45) is 9.25. The van der Waals surface area contributed by atoms with Crippen molar-refractivity contribution in [3.63, 3.8) is 0 Å². The van der Waals surface area contributed by atoms with Gasteiger partial charge >= 0.3 is 0 Å². The Kier molecular flexibility index (Phi) is 6.76. The number of carbonyl (C=O) groups is 1. The first-order valence-corrected chi connectivity index (χ1v) is 9.55. The number of carbonyl (C=O) groups excluding carboxylic acids is 1. The molecule has 0 radical (unpaired) electrons. The molecule has 1 aliphatic rings. The monoisotopic (exact) mass is 383 g/mol. The van der Waals surface area contributed by atoms with E-state index in [0.717, 1.165) is 18.4 Å². The predicted octanol–water partition coefficient (Wildman–Crippen LogP) is 3.53. The molecule has 2 aromatic rings. The number of nitrogens with one attached hydrogen (secondary N) is 1. The number of nitrogens with zero attached hydrogens (tertiary/aromatic N) is 2. The number of ether oxygens (including phenoxy) is 1. The lowest BCUT2D eigenvalue weighted by atomic mass is 10.2. The second-order valence-electron chi connectivity index (χ2n) is 7.07. The van der Waals surface area contributed by atoms with Gasteiger partial charge in [0.05, 0.1) is 12.7 Å². The molecule has 0 spiro atoms. The quantitative estimate of drug-likeness (QED) is 0.795. The van der Waals surface area contributed by atoms with Crippen LogP contribution in [0.3, 0.4) is 0 Å². The molecule has 0 aliphatic carbocycles. The van der Waals surface area contributed by atoms with Crippen LogP contribution >= 0.6 is 0 Å². The second kappa shape index (κ2) is 9.46. The number of aromatic nitrogens is 1. The number of likely N-dealkylation sites (tertiary alicyclic amines) is 1. The number of rotatable bonds is 7. The summed E-state index contributed by atoms with van der Waals surface area (Å²) in [7, 11) is 1.94. The van der Waals surface area contributed by atoms with E-state index in [1.165, 1.54) is 24.3 Å². The van der Waals surface area contributed by atoms with Gasteiger partial charge in [0.25, 0.3) is 5.91 Å². The maximum atomic E-state index is 13.0. The highest BCUT2D eigenvalue weighted by Crippen LogP contribution is 2.21. The lowest BCUT2D eigenvalue weighted by Crippen LogP contribution is -2.30. The summed E-state index contributed by atoms with van der Waals surface area (Å²) in [4.78, 5) is 18.5. The molecule has 1 aliphatic heterocycles. The van der Waals surface area contributed by atoms with Crippen LogP contribution in [0, 0.1) is 5.82 Å². The fraction of sp³-hybridized carbons (Fsp3) is 0.364.